The summed E-state index contributed by atoms with van der Waals surface area (Å²) in [5.41, 5.74) is 0. The summed E-state index contributed by atoms with van der Waals surface area (Å²) in [6, 6.07) is 0. The summed E-state index contributed by atoms with van der Waals surface area (Å²) in [6.07, 6.45) is -2.18. The molecule has 2 N–H and O–H groups in total. The lowest BCUT2D eigenvalue weighted by Crippen LogP contribution is -2.43. The minimum atomic E-state index is -1.20. The van der Waals surface area contributed by atoms with Gasteiger partial charge in [0.15, 0.2) is 0 Å². The maximum Gasteiger partial charge on any atom is 0.108 e. The molecule has 2 atom stereocenters. The first-order chi connectivity index (χ1) is 9.62. The fourth-order valence-corrected chi connectivity index (χ4v) is 1.78. The van der Waals surface area contributed by atoms with Gasteiger partial charge >= 0.3 is 0 Å². The van der Waals surface area contributed by atoms with Crippen LogP contribution in [0.5, 0.6) is 0 Å². The molecule has 8 heteroatoms. The Morgan fingerprint density at radius 3 is 1.14 bits per heavy atom. The molecule has 0 aliphatic carbocycles. The predicted molar refractivity (Wildman–Crippen MR) is 77.1 cm³/mol. The highest BCUT2D eigenvalue weighted by molar-refractivity contribution is 5.65. The van der Waals surface area contributed by atoms with Crippen molar-refractivity contribution in [3.63, 3.8) is 0 Å². The van der Waals surface area contributed by atoms with E-state index in [0.717, 1.165) is 0 Å². The Labute approximate surface area is 132 Å². The third-order valence-electron chi connectivity index (χ3n) is 2.32. The van der Waals surface area contributed by atoms with Gasteiger partial charge in [0.2, 0.25) is 0 Å². The van der Waals surface area contributed by atoms with Crippen molar-refractivity contribution in [1.82, 2.24) is 0 Å². The molecule has 0 fully saturated rings. The Morgan fingerprint density at radius 1 is 0.773 bits per heavy atom. The van der Waals surface area contributed by atoms with Crippen molar-refractivity contribution in [1.29, 1.82) is 0 Å². The van der Waals surface area contributed by atoms with Gasteiger partial charge in [-0.15, -0.1) is 0 Å². The molecule has 22 heavy (non-hydrogen) atoms. The van der Waals surface area contributed by atoms with E-state index in [0.29, 0.717) is 22.1 Å². The second-order valence-electron chi connectivity index (χ2n) is 7.41. The summed E-state index contributed by atoms with van der Waals surface area (Å²) in [4.78, 5) is 20.0. The molecule has 0 aliphatic rings. The van der Waals surface area contributed by atoms with E-state index in [2.05, 4.69) is 0 Å². The number of aliphatic hydroxyl groups excluding tert-OH is 2. The maximum atomic E-state index is 10.0. The lowest BCUT2D eigenvalue weighted by atomic mass is 10.2. The van der Waals surface area contributed by atoms with Gasteiger partial charge in [0, 0.05) is 24.8 Å². The quantitative estimate of drug-likeness (QED) is 0.445. The summed E-state index contributed by atoms with van der Waals surface area (Å²) >= 11 is 0. The molecular formula is C14H30N2O6. The fraction of sp³-hybridized carbons (Fsp3) is 0.857. The van der Waals surface area contributed by atoms with Gasteiger partial charge in [0.25, 0.3) is 0 Å². The van der Waals surface area contributed by atoms with Crippen LogP contribution >= 0.6 is 0 Å². The first-order valence-electron chi connectivity index (χ1n) is 6.99. The third-order valence-corrected chi connectivity index (χ3v) is 2.32. The van der Waals surface area contributed by atoms with Gasteiger partial charge in [-0.05, 0) is 0 Å². The molecule has 0 spiro atoms. The molecule has 0 amide bonds. The zero-order valence-electron chi connectivity index (χ0n) is 14.4. The van der Waals surface area contributed by atoms with Gasteiger partial charge in [-0.25, -0.2) is 0 Å². The number of quaternary nitrogens is 2. The first-order valence-corrected chi connectivity index (χ1v) is 6.99. The second-order valence-corrected chi connectivity index (χ2v) is 7.41. The molecule has 132 valence electrons. The maximum absolute atomic E-state index is 10.0. The number of hydrogen-bond acceptors (Lipinski definition) is 6. The van der Waals surface area contributed by atoms with Crippen LogP contribution in [-0.4, -0.2) is 98.7 Å². The van der Waals surface area contributed by atoms with Gasteiger partial charge in [0.05, 0.1) is 42.3 Å². The van der Waals surface area contributed by atoms with Gasteiger partial charge in [-0.3, -0.25) is 0 Å². The van der Waals surface area contributed by atoms with Crippen molar-refractivity contribution in [2.75, 3.05) is 55.4 Å². The number of aliphatic hydroxyl groups is 2. The Morgan fingerprint density at radius 2 is 1.00 bits per heavy atom. The molecule has 0 aromatic carbocycles. The number of rotatable bonds is 8. The molecule has 0 rings (SSSR count). The van der Waals surface area contributed by atoms with Crippen LogP contribution in [0.2, 0.25) is 0 Å². The lowest BCUT2D eigenvalue weighted by molar-refractivity contribution is -0.873. The summed E-state index contributed by atoms with van der Waals surface area (Å²) in [7, 11) is 11.3. The first kappa shape index (κ1) is 23.1. The van der Waals surface area contributed by atoms with E-state index in [1.54, 1.807) is 0 Å². The van der Waals surface area contributed by atoms with Gasteiger partial charge in [-0.2, -0.15) is 0 Å². The Kier molecular flexibility index (Phi) is 10.2. The van der Waals surface area contributed by atoms with Crippen LogP contribution in [0.4, 0.5) is 0 Å². The van der Waals surface area contributed by atoms with E-state index in [9.17, 15) is 19.8 Å². The largest absolute Gasteiger partial charge is 0.550 e. The van der Waals surface area contributed by atoms with E-state index >= 15 is 0 Å². The number of aliphatic carboxylic acids is 2. The number of likely N-dealkylation sites (N-methyl/N-ethyl adjacent to an activating group) is 2. The minimum Gasteiger partial charge on any atom is -0.550 e. The van der Waals surface area contributed by atoms with E-state index in [1.807, 2.05) is 42.3 Å². The average molecular weight is 322 g/mol. The van der Waals surface area contributed by atoms with E-state index < -0.39 is 24.1 Å². The van der Waals surface area contributed by atoms with Crippen molar-refractivity contribution in [3.05, 3.63) is 0 Å². The molecule has 8 nitrogen and oxygen atoms in total. The van der Waals surface area contributed by atoms with E-state index in [-0.39, 0.29) is 12.8 Å². The second kappa shape index (κ2) is 9.73. The SMILES string of the molecule is C[N+](C)(C)CC(O)CC(=O)[O-].C[N+](C)(C)C[C@H](O)CC(=O)[O-]. The number of nitrogens with zero attached hydrogens (tertiary/aromatic N) is 2. The number of carbonyl (C=O) groups excluding carboxylic acids is 2. The molecule has 0 bridgehead atoms. The standard InChI is InChI=1S/2C7H15NO3/c2*1-8(2,3)5-6(9)4-7(10)11/h2*6,9H,4-5H2,1-3H3/t6-;/m1./s1. The molecule has 0 heterocycles. The average Bonchev–Trinajstić information content (AvgIpc) is 2.07. The van der Waals surface area contributed by atoms with Crippen molar-refractivity contribution in [2.24, 2.45) is 0 Å². The molecule has 0 aromatic rings. The predicted octanol–water partition coefficient (Wildman–Crippen LogP) is -3.61. The molecular weight excluding hydrogens is 292 g/mol. The smallest absolute Gasteiger partial charge is 0.108 e. The topological polar surface area (TPSA) is 121 Å². The van der Waals surface area contributed by atoms with Crippen LogP contribution in [-0.2, 0) is 9.59 Å². The Hall–Kier alpha value is -1.22. The summed E-state index contributed by atoms with van der Waals surface area (Å²) in [5.74, 6) is -2.41. The van der Waals surface area contributed by atoms with Crippen LogP contribution in [0.3, 0.4) is 0 Å². The number of carbonyl (C=O) groups is 2. The Bertz CT molecular complexity index is 312. The third kappa shape index (κ3) is 21.1. The van der Waals surface area contributed by atoms with Crippen molar-refractivity contribution in [2.45, 2.75) is 25.0 Å². The van der Waals surface area contributed by atoms with Crippen molar-refractivity contribution < 1.29 is 39.0 Å². The molecule has 0 saturated heterocycles. The van der Waals surface area contributed by atoms with Gasteiger partial charge in [0.1, 0.15) is 25.3 Å². The van der Waals surface area contributed by atoms with E-state index in [4.69, 9.17) is 10.2 Å². The molecule has 0 aliphatic heterocycles. The summed E-state index contributed by atoms with van der Waals surface area (Å²) in [6.45, 7) is 0.849. The number of carboxylic acid groups (broad SMARTS) is 2. The number of hydrogen-bond donors (Lipinski definition) is 2. The van der Waals surface area contributed by atoms with Crippen LogP contribution in [0.15, 0.2) is 0 Å². The van der Waals surface area contributed by atoms with Crippen LogP contribution in [0, 0.1) is 0 Å². The zero-order valence-corrected chi connectivity index (χ0v) is 14.4. The normalized spacial score (nSPS) is 14.5. The molecule has 0 radical (unpaired) electrons. The number of carboxylic acids is 2. The van der Waals surface area contributed by atoms with Gasteiger partial charge < -0.3 is 39.0 Å². The van der Waals surface area contributed by atoms with Crippen molar-refractivity contribution in [3.8, 4) is 0 Å². The van der Waals surface area contributed by atoms with Crippen LogP contribution in [0.1, 0.15) is 12.8 Å². The highest BCUT2D eigenvalue weighted by Gasteiger charge is 2.15. The lowest BCUT2D eigenvalue weighted by Gasteiger charge is -2.26. The van der Waals surface area contributed by atoms with E-state index in [1.165, 1.54) is 0 Å². The minimum absolute atomic E-state index is 0.282. The molecule has 0 saturated carbocycles. The molecule has 1 unspecified atom stereocenters. The fourth-order valence-electron chi connectivity index (χ4n) is 1.78. The Balaban J connectivity index is 0. The van der Waals surface area contributed by atoms with Crippen LogP contribution < -0.4 is 10.2 Å². The summed E-state index contributed by atoms with van der Waals surface area (Å²) in [5, 5.41) is 38.3. The van der Waals surface area contributed by atoms with Crippen LogP contribution in [0.25, 0.3) is 0 Å². The zero-order chi connectivity index (χ0) is 18.1. The highest BCUT2D eigenvalue weighted by Crippen LogP contribution is 1.98. The summed E-state index contributed by atoms with van der Waals surface area (Å²) < 4.78 is 1.10. The van der Waals surface area contributed by atoms with Crippen molar-refractivity contribution >= 4 is 11.9 Å². The molecule has 0 aromatic heterocycles. The van der Waals surface area contributed by atoms with Gasteiger partial charge in [-0.1, -0.05) is 0 Å². The highest BCUT2D eigenvalue weighted by atomic mass is 16.4. The monoisotopic (exact) mass is 322 g/mol.